The lowest BCUT2D eigenvalue weighted by atomic mass is 10.2. The van der Waals surface area contributed by atoms with Gasteiger partial charge in [-0.05, 0) is 24.6 Å². The SMILES string of the molecule is CCCC=CN1CC(C)C[Si]1(C)C. The first-order valence-electron chi connectivity index (χ1n) is 5.49. The molecule has 1 aliphatic heterocycles. The standard InChI is InChI=1S/C11H23NSi/c1-5-6-7-8-12-9-11(2)10-13(12,3)4/h7-8,11H,5-6,9-10H2,1-4H3. The van der Waals surface area contributed by atoms with Gasteiger partial charge in [0.25, 0.3) is 0 Å². The number of allylic oxidation sites excluding steroid dienone is 1. The third-order valence-corrected chi connectivity index (χ3v) is 6.46. The second-order valence-corrected chi connectivity index (χ2v) is 9.56. The van der Waals surface area contributed by atoms with Crippen LogP contribution in [0.1, 0.15) is 26.7 Å². The molecule has 76 valence electrons. The Labute approximate surface area is 83.9 Å². The molecule has 1 unspecified atom stereocenters. The molecule has 0 radical (unpaired) electrons. The summed E-state index contributed by atoms with van der Waals surface area (Å²) < 4.78 is 2.63. The number of rotatable bonds is 3. The maximum atomic E-state index is 2.63. The van der Waals surface area contributed by atoms with Gasteiger partial charge in [0.2, 0.25) is 0 Å². The fourth-order valence-corrected chi connectivity index (χ4v) is 5.63. The van der Waals surface area contributed by atoms with E-state index in [2.05, 4.69) is 43.8 Å². The van der Waals surface area contributed by atoms with Crippen LogP contribution in [0.2, 0.25) is 19.1 Å². The highest BCUT2D eigenvalue weighted by Gasteiger charge is 2.36. The van der Waals surface area contributed by atoms with Gasteiger partial charge in [-0.1, -0.05) is 39.4 Å². The van der Waals surface area contributed by atoms with Crippen LogP contribution in [-0.2, 0) is 0 Å². The van der Waals surface area contributed by atoms with Crippen LogP contribution in [0.5, 0.6) is 0 Å². The van der Waals surface area contributed by atoms with E-state index >= 15 is 0 Å². The highest BCUT2D eigenvalue weighted by Crippen LogP contribution is 2.30. The van der Waals surface area contributed by atoms with E-state index in [4.69, 9.17) is 0 Å². The first kappa shape index (κ1) is 10.8. The van der Waals surface area contributed by atoms with Crippen molar-refractivity contribution in [2.45, 2.75) is 45.8 Å². The topological polar surface area (TPSA) is 3.24 Å². The number of nitrogens with zero attached hydrogens (tertiary/aromatic N) is 1. The minimum atomic E-state index is -1.04. The Morgan fingerprint density at radius 2 is 2.15 bits per heavy atom. The number of hydrogen-bond acceptors (Lipinski definition) is 1. The lowest BCUT2D eigenvalue weighted by molar-refractivity contribution is 0.524. The predicted octanol–water partition coefficient (Wildman–Crippen LogP) is 3.46. The van der Waals surface area contributed by atoms with Crippen molar-refractivity contribution in [3.63, 3.8) is 0 Å². The largest absolute Gasteiger partial charge is 0.403 e. The molecular formula is C11H23NSi. The average Bonchev–Trinajstić information content (AvgIpc) is 2.25. The Hall–Kier alpha value is -0.243. The normalized spacial score (nSPS) is 27.4. The maximum Gasteiger partial charge on any atom is 0.150 e. The van der Waals surface area contributed by atoms with Crippen molar-refractivity contribution in [3.05, 3.63) is 12.3 Å². The van der Waals surface area contributed by atoms with Crippen molar-refractivity contribution in [2.24, 2.45) is 5.92 Å². The van der Waals surface area contributed by atoms with E-state index < -0.39 is 8.24 Å². The third-order valence-electron chi connectivity index (χ3n) is 2.87. The van der Waals surface area contributed by atoms with Gasteiger partial charge in [-0.2, -0.15) is 0 Å². The molecule has 1 atom stereocenters. The van der Waals surface area contributed by atoms with Gasteiger partial charge in [0.05, 0.1) is 0 Å². The zero-order valence-corrected chi connectivity index (χ0v) is 10.5. The predicted molar refractivity (Wildman–Crippen MR) is 62.2 cm³/mol. The summed E-state index contributed by atoms with van der Waals surface area (Å²) in [6.45, 7) is 10.9. The third kappa shape index (κ3) is 2.87. The van der Waals surface area contributed by atoms with Crippen LogP contribution in [-0.4, -0.2) is 19.3 Å². The van der Waals surface area contributed by atoms with Crippen LogP contribution in [0.4, 0.5) is 0 Å². The molecule has 0 spiro atoms. The summed E-state index contributed by atoms with van der Waals surface area (Å²) in [6, 6.07) is 1.46. The van der Waals surface area contributed by atoms with E-state index in [1.54, 1.807) is 0 Å². The van der Waals surface area contributed by atoms with Crippen molar-refractivity contribution in [1.82, 2.24) is 4.57 Å². The molecule has 0 N–H and O–H groups in total. The van der Waals surface area contributed by atoms with Crippen molar-refractivity contribution in [2.75, 3.05) is 6.54 Å². The molecule has 0 aromatic carbocycles. The zero-order chi connectivity index (χ0) is 9.90. The fourth-order valence-electron chi connectivity index (χ4n) is 2.25. The molecule has 13 heavy (non-hydrogen) atoms. The van der Waals surface area contributed by atoms with Crippen LogP contribution in [0.3, 0.4) is 0 Å². The number of hydrogen-bond donors (Lipinski definition) is 0. The fraction of sp³-hybridized carbons (Fsp3) is 0.818. The highest BCUT2D eigenvalue weighted by molar-refractivity contribution is 6.75. The molecule has 0 aromatic heterocycles. The van der Waals surface area contributed by atoms with Crippen LogP contribution in [0.15, 0.2) is 12.3 Å². The molecule has 1 saturated heterocycles. The van der Waals surface area contributed by atoms with Crippen molar-refractivity contribution in [1.29, 1.82) is 0 Å². The average molecular weight is 197 g/mol. The Balaban J connectivity index is 2.49. The van der Waals surface area contributed by atoms with Gasteiger partial charge < -0.3 is 4.57 Å². The van der Waals surface area contributed by atoms with Crippen LogP contribution < -0.4 is 0 Å². The number of unbranched alkanes of at least 4 members (excludes halogenated alkanes) is 1. The van der Waals surface area contributed by atoms with E-state index in [-0.39, 0.29) is 0 Å². The van der Waals surface area contributed by atoms with Crippen LogP contribution >= 0.6 is 0 Å². The quantitative estimate of drug-likeness (QED) is 0.626. The van der Waals surface area contributed by atoms with Gasteiger partial charge in [-0.25, -0.2) is 0 Å². The molecule has 0 saturated carbocycles. The van der Waals surface area contributed by atoms with Crippen molar-refractivity contribution < 1.29 is 0 Å². The minimum Gasteiger partial charge on any atom is -0.403 e. The molecular weight excluding hydrogens is 174 g/mol. The van der Waals surface area contributed by atoms with Crippen LogP contribution in [0, 0.1) is 5.92 Å². The van der Waals surface area contributed by atoms with Gasteiger partial charge in [0.15, 0.2) is 0 Å². The molecule has 2 heteroatoms. The first-order valence-corrected chi connectivity index (χ1v) is 8.65. The lowest BCUT2D eigenvalue weighted by Gasteiger charge is -2.28. The molecule has 1 nitrogen and oxygen atoms in total. The summed E-state index contributed by atoms with van der Waals surface area (Å²) in [5, 5.41) is 0. The summed E-state index contributed by atoms with van der Waals surface area (Å²) in [5.41, 5.74) is 0. The Bertz CT molecular complexity index is 187. The second-order valence-electron chi connectivity index (χ2n) is 4.95. The monoisotopic (exact) mass is 197 g/mol. The smallest absolute Gasteiger partial charge is 0.150 e. The summed E-state index contributed by atoms with van der Waals surface area (Å²) in [7, 11) is -1.04. The zero-order valence-electron chi connectivity index (χ0n) is 9.51. The highest BCUT2D eigenvalue weighted by atomic mass is 28.3. The molecule has 1 aliphatic rings. The van der Waals surface area contributed by atoms with E-state index in [1.807, 2.05) is 0 Å². The molecule has 1 heterocycles. The van der Waals surface area contributed by atoms with Crippen LogP contribution in [0.25, 0.3) is 0 Å². The summed E-state index contributed by atoms with van der Waals surface area (Å²) >= 11 is 0. The van der Waals surface area contributed by atoms with Gasteiger partial charge in [-0.3, -0.25) is 0 Å². The maximum absolute atomic E-state index is 2.63. The van der Waals surface area contributed by atoms with E-state index in [1.165, 1.54) is 25.4 Å². The summed E-state index contributed by atoms with van der Waals surface area (Å²) in [5.74, 6) is 0.910. The second kappa shape index (κ2) is 4.31. The van der Waals surface area contributed by atoms with Crippen molar-refractivity contribution >= 4 is 8.24 Å². The Morgan fingerprint density at radius 1 is 1.46 bits per heavy atom. The van der Waals surface area contributed by atoms with Gasteiger partial charge in [-0.15, -0.1) is 0 Å². The Morgan fingerprint density at radius 3 is 2.62 bits per heavy atom. The van der Waals surface area contributed by atoms with E-state index in [0.29, 0.717) is 0 Å². The first-order chi connectivity index (χ1) is 6.06. The molecule has 0 aromatic rings. The summed E-state index contributed by atoms with van der Waals surface area (Å²) in [4.78, 5) is 0. The molecule has 1 rings (SSSR count). The minimum absolute atomic E-state index is 0.910. The summed E-state index contributed by atoms with van der Waals surface area (Å²) in [6.07, 6.45) is 7.20. The molecule has 0 bridgehead atoms. The van der Waals surface area contributed by atoms with Crippen molar-refractivity contribution in [3.8, 4) is 0 Å². The Kier molecular flexibility index (Phi) is 3.60. The van der Waals surface area contributed by atoms with E-state index in [9.17, 15) is 0 Å². The molecule has 0 amide bonds. The van der Waals surface area contributed by atoms with Gasteiger partial charge >= 0.3 is 0 Å². The van der Waals surface area contributed by atoms with Gasteiger partial charge in [0.1, 0.15) is 8.24 Å². The molecule has 0 aliphatic carbocycles. The molecule has 1 fully saturated rings. The lowest BCUT2D eigenvalue weighted by Crippen LogP contribution is -2.38. The van der Waals surface area contributed by atoms with E-state index in [0.717, 1.165) is 5.92 Å². The van der Waals surface area contributed by atoms with Gasteiger partial charge in [0, 0.05) is 6.54 Å².